The van der Waals surface area contributed by atoms with Crippen molar-refractivity contribution in [2.45, 2.75) is 24.8 Å². The zero-order valence-corrected chi connectivity index (χ0v) is 16.2. The standard InChI is InChI=1S/C18H18BrNO4S/c1-3-25(23)16-7-5-4-6-15(16)18(22)24-12(2)17(21)20-14-10-8-13(19)9-11-14/h4-12H,3H2,1-2H3,(H,20,21)/t12-,25+/m1/s1. The van der Waals surface area contributed by atoms with Crippen LogP contribution in [0, 0.1) is 0 Å². The molecule has 7 heteroatoms. The van der Waals surface area contributed by atoms with E-state index >= 15 is 0 Å². The average Bonchev–Trinajstić information content (AvgIpc) is 2.62. The predicted molar refractivity (Wildman–Crippen MR) is 101 cm³/mol. The molecule has 25 heavy (non-hydrogen) atoms. The van der Waals surface area contributed by atoms with Gasteiger partial charge < -0.3 is 10.1 Å². The third-order valence-electron chi connectivity index (χ3n) is 3.38. The normalized spacial score (nSPS) is 12.9. The van der Waals surface area contributed by atoms with Crippen molar-refractivity contribution in [3.8, 4) is 0 Å². The first-order valence-corrected chi connectivity index (χ1v) is 9.78. The van der Waals surface area contributed by atoms with Crippen molar-refractivity contribution in [1.29, 1.82) is 0 Å². The second-order valence-electron chi connectivity index (χ2n) is 5.17. The lowest BCUT2D eigenvalue weighted by atomic mass is 10.2. The second-order valence-corrected chi connectivity index (χ2v) is 7.80. The summed E-state index contributed by atoms with van der Waals surface area (Å²) in [5, 5.41) is 2.68. The summed E-state index contributed by atoms with van der Waals surface area (Å²) in [4.78, 5) is 24.9. The molecule has 2 aromatic carbocycles. The Hall–Kier alpha value is -1.99. The molecule has 0 bridgehead atoms. The van der Waals surface area contributed by atoms with Crippen molar-refractivity contribution < 1.29 is 18.5 Å². The topological polar surface area (TPSA) is 72.5 Å². The number of amides is 1. The molecule has 0 fully saturated rings. The number of carbonyl (C=O) groups excluding carboxylic acids is 2. The third kappa shape index (κ3) is 5.24. The highest BCUT2D eigenvalue weighted by Gasteiger charge is 2.22. The van der Waals surface area contributed by atoms with Crippen molar-refractivity contribution in [2.24, 2.45) is 0 Å². The van der Waals surface area contributed by atoms with Gasteiger partial charge in [-0.2, -0.15) is 0 Å². The van der Waals surface area contributed by atoms with E-state index < -0.39 is 28.8 Å². The molecule has 0 aliphatic rings. The third-order valence-corrected chi connectivity index (χ3v) is 5.28. The quantitative estimate of drug-likeness (QED) is 0.717. The van der Waals surface area contributed by atoms with E-state index in [1.54, 1.807) is 55.5 Å². The monoisotopic (exact) mass is 423 g/mol. The first-order valence-electron chi connectivity index (χ1n) is 7.67. The Morgan fingerprint density at radius 1 is 1.16 bits per heavy atom. The highest BCUT2D eigenvalue weighted by molar-refractivity contribution is 9.10. The molecule has 5 nitrogen and oxygen atoms in total. The molecule has 0 saturated carbocycles. The Kier molecular flexibility index (Phi) is 6.90. The summed E-state index contributed by atoms with van der Waals surface area (Å²) < 4.78 is 18.2. The molecule has 0 radical (unpaired) electrons. The highest BCUT2D eigenvalue weighted by atomic mass is 79.9. The summed E-state index contributed by atoms with van der Waals surface area (Å²) in [6.45, 7) is 3.26. The average molecular weight is 424 g/mol. The van der Waals surface area contributed by atoms with Gasteiger partial charge in [0.1, 0.15) is 0 Å². The summed E-state index contributed by atoms with van der Waals surface area (Å²) in [7, 11) is -1.29. The van der Waals surface area contributed by atoms with Crippen molar-refractivity contribution in [3.63, 3.8) is 0 Å². The van der Waals surface area contributed by atoms with Gasteiger partial charge in [-0.3, -0.25) is 9.00 Å². The first-order chi connectivity index (χ1) is 11.9. The Morgan fingerprint density at radius 2 is 1.80 bits per heavy atom. The number of benzene rings is 2. The SMILES string of the molecule is CC[S@](=O)c1ccccc1C(=O)O[C@H](C)C(=O)Nc1ccc(Br)cc1. The maximum absolute atomic E-state index is 12.4. The van der Waals surface area contributed by atoms with E-state index in [4.69, 9.17) is 4.74 Å². The van der Waals surface area contributed by atoms with E-state index in [0.29, 0.717) is 16.3 Å². The maximum Gasteiger partial charge on any atom is 0.340 e. The highest BCUT2D eigenvalue weighted by Crippen LogP contribution is 2.17. The van der Waals surface area contributed by atoms with Crippen LogP contribution >= 0.6 is 15.9 Å². The van der Waals surface area contributed by atoms with Gasteiger partial charge in [-0.05, 0) is 43.3 Å². The summed E-state index contributed by atoms with van der Waals surface area (Å²) >= 11 is 3.32. The molecule has 0 aliphatic heterocycles. The number of rotatable bonds is 6. The largest absolute Gasteiger partial charge is 0.449 e. The van der Waals surface area contributed by atoms with Crippen LogP contribution in [0.25, 0.3) is 0 Å². The van der Waals surface area contributed by atoms with Crippen molar-refractivity contribution in [3.05, 3.63) is 58.6 Å². The van der Waals surface area contributed by atoms with Crippen LogP contribution in [-0.4, -0.2) is 27.9 Å². The molecular formula is C18H18BrNO4S. The van der Waals surface area contributed by atoms with Gasteiger partial charge in [-0.1, -0.05) is 35.0 Å². The molecule has 2 aromatic rings. The van der Waals surface area contributed by atoms with Crippen LogP contribution in [0.3, 0.4) is 0 Å². The molecule has 2 rings (SSSR count). The van der Waals surface area contributed by atoms with E-state index in [2.05, 4.69) is 21.2 Å². The number of halogens is 1. The van der Waals surface area contributed by atoms with Crippen LogP contribution in [-0.2, 0) is 20.3 Å². The van der Waals surface area contributed by atoms with Gasteiger partial charge in [0, 0.05) is 15.9 Å². The molecule has 0 aliphatic carbocycles. The fourth-order valence-electron chi connectivity index (χ4n) is 2.04. The number of nitrogens with one attached hydrogen (secondary N) is 1. The Balaban J connectivity index is 2.06. The van der Waals surface area contributed by atoms with E-state index in [-0.39, 0.29) is 5.56 Å². The van der Waals surface area contributed by atoms with Gasteiger partial charge in [0.25, 0.3) is 5.91 Å². The molecular weight excluding hydrogens is 406 g/mol. The van der Waals surface area contributed by atoms with E-state index in [9.17, 15) is 13.8 Å². The summed E-state index contributed by atoms with van der Waals surface area (Å²) in [6, 6.07) is 13.6. The Bertz CT molecular complexity index is 792. The molecule has 1 N–H and O–H groups in total. The number of anilines is 1. The smallest absolute Gasteiger partial charge is 0.340 e. The summed E-state index contributed by atoms with van der Waals surface area (Å²) in [5.41, 5.74) is 0.814. The first kappa shape index (κ1) is 19.3. The van der Waals surface area contributed by atoms with Gasteiger partial charge in [-0.15, -0.1) is 0 Å². The number of hydrogen-bond acceptors (Lipinski definition) is 4. The van der Waals surface area contributed by atoms with Gasteiger partial charge in [0.15, 0.2) is 6.10 Å². The molecule has 0 unspecified atom stereocenters. The van der Waals surface area contributed by atoms with Crippen LogP contribution in [0.4, 0.5) is 5.69 Å². The zero-order valence-electron chi connectivity index (χ0n) is 13.8. The summed E-state index contributed by atoms with van der Waals surface area (Å²) in [5.74, 6) is -0.718. The number of ether oxygens (including phenoxy) is 1. The van der Waals surface area contributed by atoms with E-state index in [1.807, 2.05) is 0 Å². The van der Waals surface area contributed by atoms with Crippen LogP contribution in [0.1, 0.15) is 24.2 Å². The minimum Gasteiger partial charge on any atom is -0.449 e. The van der Waals surface area contributed by atoms with Gasteiger partial charge >= 0.3 is 5.97 Å². The molecule has 0 saturated heterocycles. The van der Waals surface area contributed by atoms with Crippen molar-refractivity contribution >= 4 is 44.3 Å². The predicted octanol–water partition coefficient (Wildman–Crippen LogP) is 3.76. The fraction of sp³-hybridized carbons (Fsp3) is 0.222. The minimum absolute atomic E-state index is 0.214. The molecule has 2 atom stereocenters. The maximum atomic E-state index is 12.4. The zero-order chi connectivity index (χ0) is 18.4. The Morgan fingerprint density at radius 3 is 2.44 bits per heavy atom. The van der Waals surface area contributed by atoms with E-state index in [1.165, 1.54) is 6.92 Å². The van der Waals surface area contributed by atoms with Crippen molar-refractivity contribution in [1.82, 2.24) is 0 Å². The summed E-state index contributed by atoms with van der Waals surface area (Å²) in [6.07, 6.45) is -0.987. The number of carbonyl (C=O) groups is 2. The molecule has 0 heterocycles. The van der Waals surface area contributed by atoms with Gasteiger partial charge in [0.05, 0.1) is 21.3 Å². The second kappa shape index (κ2) is 8.92. The lowest BCUT2D eigenvalue weighted by Crippen LogP contribution is -2.30. The lowest BCUT2D eigenvalue weighted by Gasteiger charge is -2.15. The van der Waals surface area contributed by atoms with Gasteiger partial charge in [0.2, 0.25) is 0 Å². The molecule has 132 valence electrons. The number of hydrogen-bond donors (Lipinski definition) is 1. The number of esters is 1. The van der Waals surface area contributed by atoms with Crippen LogP contribution in [0.2, 0.25) is 0 Å². The van der Waals surface area contributed by atoms with Crippen LogP contribution in [0.15, 0.2) is 57.9 Å². The molecule has 0 spiro atoms. The minimum atomic E-state index is -1.29. The van der Waals surface area contributed by atoms with E-state index in [0.717, 1.165) is 4.47 Å². The van der Waals surface area contributed by atoms with Gasteiger partial charge in [-0.25, -0.2) is 4.79 Å². The fourth-order valence-corrected chi connectivity index (χ4v) is 3.25. The van der Waals surface area contributed by atoms with Crippen molar-refractivity contribution in [2.75, 3.05) is 11.1 Å². The van der Waals surface area contributed by atoms with Crippen LogP contribution in [0.5, 0.6) is 0 Å². The Labute approximate surface area is 157 Å². The molecule has 1 amide bonds. The molecule has 0 aromatic heterocycles. The van der Waals surface area contributed by atoms with Crippen LogP contribution < -0.4 is 5.32 Å². The lowest BCUT2D eigenvalue weighted by molar-refractivity contribution is -0.123.